The number of hydrogen-bond acceptors (Lipinski definition) is 5. The Labute approximate surface area is 158 Å². The minimum atomic E-state index is -0.160. The van der Waals surface area contributed by atoms with Crippen molar-refractivity contribution in [3.8, 4) is 0 Å². The largest absolute Gasteiger partial charge is 0.281 e. The molecule has 3 heterocycles. The quantitative estimate of drug-likeness (QED) is 0.528. The lowest BCUT2D eigenvalue weighted by molar-refractivity contribution is 0.0976. The summed E-state index contributed by atoms with van der Waals surface area (Å²) in [5, 5.41) is 9.47. The highest BCUT2D eigenvalue weighted by Crippen LogP contribution is 2.33. The first kappa shape index (κ1) is 16.7. The number of carbonyl (C=O) groups excluding carboxylic acids is 1. The molecule has 3 aromatic heterocycles. The van der Waals surface area contributed by atoms with Gasteiger partial charge in [0.15, 0.2) is 5.13 Å². The molecule has 0 saturated carbocycles. The van der Waals surface area contributed by atoms with Crippen LogP contribution < -0.4 is 4.90 Å². The van der Waals surface area contributed by atoms with E-state index in [2.05, 4.69) is 15.2 Å². The second-order valence-electron chi connectivity index (χ2n) is 5.65. The molecule has 0 saturated heterocycles. The van der Waals surface area contributed by atoms with Crippen molar-refractivity contribution in [2.75, 3.05) is 11.4 Å². The zero-order valence-electron chi connectivity index (χ0n) is 13.9. The van der Waals surface area contributed by atoms with E-state index in [9.17, 15) is 4.79 Å². The standard InChI is InChI=1S/C17H15ClN6OS/c1-22-13(6-8-19-22)16(25)24(11-10-23-9-3-7-20-23)17-21-15-12(18)4-2-5-14(15)26-17/h2-9H,10-11H2,1H3. The fourth-order valence-electron chi connectivity index (χ4n) is 2.66. The van der Waals surface area contributed by atoms with Crippen molar-refractivity contribution in [1.29, 1.82) is 0 Å². The molecule has 0 atom stereocenters. The molecule has 4 rings (SSSR count). The van der Waals surface area contributed by atoms with E-state index in [1.54, 1.807) is 45.8 Å². The summed E-state index contributed by atoms with van der Waals surface area (Å²) in [5.74, 6) is -0.160. The van der Waals surface area contributed by atoms with Crippen molar-refractivity contribution in [2.45, 2.75) is 6.54 Å². The molecule has 132 valence electrons. The van der Waals surface area contributed by atoms with Crippen LogP contribution in [-0.4, -0.2) is 37.0 Å². The Morgan fingerprint density at radius 1 is 1.23 bits per heavy atom. The summed E-state index contributed by atoms with van der Waals surface area (Å²) in [6.07, 6.45) is 5.18. The van der Waals surface area contributed by atoms with E-state index in [0.29, 0.717) is 34.5 Å². The number of anilines is 1. The zero-order chi connectivity index (χ0) is 18.1. The van der Waals surface area contributed by atoms with Crippen LogP contribution in [0.1, 0.15) is 10.5 Å². The predicted molar refractivity (Wildman–Crippen MR) is 102 cm³/mol. The molecule has 1 aromatic carbocycles. The van der Waals surface area contributed by atoms with E-state index in [1.807, 2.05) is 24.4 Å². The third kappa shape index (κ3) is 3.09. The van der Waals surface area contributed by atoms with Crippen LogP contribution in [0.5, 0.6) is 0 Å². The van der Waals surface area contributed by atoms with Gasteiger partial charge in [0, 0.05) is 32.2 Å². The van der Waals surface area contributed by atoms with Crippen LogP contribution in [0.25, 0.3) is 10.2 Å². The molecule has 26 heavy (non-hydrogen) atoms. The van der Waals surface area contributed by atoms with Gasteiger partial charge in [0.05, 0.1) is 16.3 Å². The molecule has 4 aromatic rings. The fourth-order valence-corrected chi connectivity index (χ4v) is 3.95. The number of hydrogen-bond donors (Lipinski definition) is 0. The Hall–Kier alpha value is -2.71. The lowest BCUT2D eigenvalue weighted by Gasteiger charge is -2.19. The number of rotatable bonds is 5. The molecule has 0 radical (unpaired) electrons. The SMILES string of the molecule is Cn1nccc1C(=O)N(CCn1cccn1)c1nc2c(Cl)cccc2s1. The Morgan fingerprint density at radius 2 is 2.12 bits per heavy atom. The van der Waals surface area contributed by atoms with Gasteiger partial charge in [-0.2, -0.15) is 10.2 Å². The van der Waals surface area contributed by atoms with Crippen molar-refractivity contribution in [2.24, 2.45) is 7.05 Å². The Balaban J connectivity index is 1.72. The van der Waals surface area contributed by atoms with Crippen LogP contribution in [0, 0.1) is 0 Å². The highest BCUT2D eigenvalue weighted by molar-refractivity contribution is 7.22. The molecular weight excluding hydrogens is 372 g/mol. The predicted octanol–water partition coefficient (Wildman–Crippen LogP) is 3.23. The molecule has 0 bridgehead atoms. The van der Waals surface area contributed by atoms with E-state index in [0.717, 1.165) is 4.70 Å². The molecule has 0 unspecified atom stereocenters. The molecule has 0 aliphatic carbocycles. The van der Waals surface area contributed by atoms with Crippen LogP contribution in [0.15, 0.2) is 48.9 Å². The van der Waals surface area contributed by atoms with Crippen LogP contribution in [0.2, 0.25) is 5.02 Å². The van der Waals surface area contributed by atoms with Crippen LogP contribution in [-0.2, 0) is 13.6 Å². The van der Waals surface area contributed by atoms with Gasteiger partial charge < -0.3 is 0 Å². The minimum Gasteiger partial charge on any atom is -0.281 e. The fraction of sp³-hybridized carbons (Fsp3) is 0.176. The first-order chi connectivity index (χ1) is 12.6. The third-order valence-electron chi connectivity index (χ3n) is 3.99. The first-order valence-electron chi connectivity index (χ1n) is 7.96. The highest BCUT2D eigenvalue weighted by atomic mass is 35.5. The van der Waals surface area contributed by atoms with Crippen LogP contribution >= 0.6 is 22.9 Å². The number of amides is 1. The Kier molecular flexibility index (Phi) is 4.44. The van der Waals surface area contributed by atoms with Gasteiger partial charge in [-0.25, -0.2) is 4.98 Å². The normalized spacial score (nSPS) is 11.2. The molecule has 9 heteroatoms. The van der Waals surface area contributed by atoms with Crippen LogP contribution in [0.3, 0.4) is 0 Å². The third-order valence-corrected chi connectivity index (χ3v) is 5.34. The van der Waals surface area contributed by atoms with Gasteiger partial charge in [-0.3, -0.25) is 19.1 Å². The molecule has 7 nitrogen and oxygen atoms in total. The van der Waals surface area contributed by atoms with Crippen molar-refractivity contribution in [3.63, 3.8) is 0 Å². The maximum Gasteiger partial charge on any atom is 0.278 e. The van der Waals surface area contributed by atoms with Gasteiger partial charge in [0.1, 0.15) is 11.2 Å². The van der Waals surface area contributed by atoms with Gasteiger partial charge in [-0.15, -0.1) is 0 Å². The van der Waals surface area contributed by atoms with Gasteiger partial charge in [0.2, 0.25) is 0 Å². The summed E-state index contributed by atoms with van der Waals surface area (Å²) in [6.45, 7) is 0.989. The van der Waals surface area contributed by atoms with E-state index in [4.69, 9.17) is 11.6 Å². The maximum absolute atomic E-state index is 13.1. The Bertz CT molecular complexity index is 1050. The smallest absolute Gasteiger partial charge is 0.278 e. The average molecular weight is 387 g/mol. The van der Waals surface area contributed by atoms with Crippen molar-refractivity contribution in [1.82, 2.24) is 24.5 Å². The average Bonchev–Trinajstić information content (AvgIpc) is 3.35. The number of benzene rings is 1. The molecule has 1 amide bonds. The van der Waals surface area contributed by atoms with E-state index < -0.39 is 0 Å². The number of carbonyl (C=O) groups is 1. The molecule has 0 spiro atoms. The summed E-state index contributed by atoms with van der Waals surface area (Å²) in [7, 11) is 1.74. The second-order valence-corrected chi connectivity index (χ2v) is 7.07. The van der Waals surface area contributed by atoms with E-state index >= 15 is 0 Å². The van der Waals surface area contributed by atoms with Gasteiger partial charge in [-0.05, 0) is 24.3 Å². The van der Waals surface area contributed by atoms with Crippen molar-refractivity contribution < 1.29 is 4.79 Å². The first-order valence-corrected chi connectivity index (χ1v) is 9.15. The van der Waals surface area contributed by atoms with E-state index in [1.165, 1.54) is 11.3 Å². The highest BCUT2D eigenvalue weighted by Gasteiger charge is 2.24. The number of aryl methyl sites for hydroxylation is 1. The number of para-hydroxylation sites is 1. The monoisotopic (exact) mass is 386 g/mol. The minimum absolute atomic E-state index is 0.160. The maximum atomic E-state index is 13.1. The van der Waals surface area contributed by atoms with Crippen molar-refractivity contribution >= 4 is 44.2 Å². The molecule has 0 aliphatic heterocycles. The summed E-state index contributed by atoms with van der Waals surface area (Å²) in [5.41, 5.74) is 1.20. The Morgan fingerprint density at radius 3 is 2.81 bits per heavy atom. The number of nitrogens with zero attached hydrogens (tertiary/aromatic N) is 6. The molecule has 0 aliphatic rings. The van der Waals surface area contributed by atoms with Gasteiger partial charge in [-0.1, -0.05) is 29.0 Å². The summed E-state index contributed by atoms with van der Waals surface area (Å²) in [4.78, 5) is 19.4. The van der Waals surface area contributed by atoms with E-state index in [-0.39, 0.29) is 5.91 Å². The van der Waals surface area contributed by atoms with Crippen LogP contribution in [0.4, 0.5) is 5.13 Å². The lowest BCUT2D eigenvalue weighted by atomic mass is 10.3. The molecular formula is C17H15ClN6OS. The van der Waals surface area contributed by atoms with Gasteiger partial charge in [0.25, 0.3) is 5.91 Å². The second kappa shape index (κ2) is 6.89. The lowest BCUT2D eigenvalue weighted by Crippen LogP contribution is -2.35. The summed E-state index contributed by atoms with van der Waals surface area (Å²) < 4.78 is 4.28. The number of aromatic nitrogens is 5. The van der Waals surface area contributed by atoms with Gasteiger partial charge >= 0.3 is 0 Å². The number of fused-ring (bicyclic) bond motifs is 1. The number of thiazole rings is 1. The zero-order valence-corrected chi connectivity index (χ0v) is 15.5. The number of halogens is 1. The van der Waals surface area contributed by atoms with Crippen molar-refractivity contribution in [3.05, 3.63) is 59.6 Å². The molecule has 0 fully saturated rings. The topological polar surface area (TPSA) is 68.8 Å². The summed E-state index contributed by atoms with van der Waals surface area (Å²) in [6, 6.07) is 9.17. The molecule has 0 N–H and O–H groups in total. The summed E-state index contributed by atoms with van der Waals surface area (Å²) >= 11 is 7.69.